The van der Waals surface area contributed by atoms with Gasteiger partial charge in [-0.25, -0.2) is 23.4 Å². The molecule has 2 aliphatic rings. The summed E-state index contributed by atoms with van der Waals surface area (Å²) in [4.78, 5) is 16.0. The molecule has 0 aliphatic carbocycles. The lowest BCUT2D eigenvalue weighted by Crippen LogP contribution is -2.39. The highest BCUT2D eigenvalue weighted by molar-refractivity contribution is 7.89. The summed E-state index contributed by atoms with van der Waals surface area (Å²) in [6.07, 6.45) is 10.5. The standard InChI is InChI=1S/C28H37N5O4S2/c1-3-4-21-16-29-27(30-17-21)32-11-9-24(10-12-32)37-28-31-25-6-5-23(15-26(25)38-28)22-7-13-33(14-8-22)39(35,36)19-20(2)18-34/h5-7,15-17,20,24,34H,3-4,8-14,18-19H2,1-2H3/t20-/m0/s1. The van der Waals surface area contributed by atoms with E-state index in [4.69, 9.17) is 9.72 Å². The number of hydrogen-bond acceptors (Lipinski definition) is 9. The van der Waals surface area contributed by atoms with Gasteiger partial charge in [-0.1, -0.05) is 43.7 Å². The van der Waals surface area contributed by atoms with Crippen LogP contribution < -0.4 is 9.64 Å². The Balaban J connectivity index is 1.18. The highest BCUT2D eigenvalue weighted by Gasteiger charge is 2.27. The Kier molecular flexibility index (Phi) is 8.80. The molecule has 1 saturated heterocycles. The molecular weight excluding hydrogens is 534 g/mol. The van der Waals surface area contributed by atoms with E-state index in [9.17, 15) is 13.5 Å². The summed E-state index contributed by atoms with van der Waals surface area (Å²) in [5.41, 5.74) is 4.33. The molecule has 0 radical (unpaired) electrons. The van der Waals surface area contributed by atoms with Gasteiger partial charge in [-0.3, -0.25) is 0 Å². The van der Waals surface area contributed by atoms with Gasteiger partial charge in [0.25, 0.3) is 5.19 Å². The van der Waals surface area contributed by atoms with Crippen molar-refractivity contribution >= 4 is 43.1 Å². The number of aromatic nitrogens is 3. The van der Waals surface area contributed by atoms with Gasteiger partial charge in [-0.2, -0.15) is 4.31 Å². The Morgan fingerprint density at radius 3 is 2.62 bits per heavy atom. The summed E-state index contributed by atoms with van der Waals surface area (Å²) in [7, 11) is -3.37. The minimum atomic E-state index is -3.37. The molecule has 2 aliphatic heterocycles. The van der Waals surface area contributed by atoms with Gasteiger partial charge in [0.05, 0.1) is 16.0 Å². The van der Waals surface area contributed by atoms with Gasteiger partial charge < -0.3 is 14.7 Å². The normalized spacial score (nSPS) is 18.3. The summed E-state index contributed by atoms with van der Waals surface area (Å²) in [5, 5.41) is 9.92. The molecule has 0 unspecified atom stereocenters. The van der Waals surface area contributed by atoms with Gasteiger partial charge in [-0.05, 0) is 47.6 Å². The van der Waals surface area contributed by atoms with E-state index in [0.717, 1.165) is 66.1 Å². The van der Waals surface area contributed by atoms with Crippen molar-refractivity contribution in [3.63, 3.8) is 0 Å². The van der Waals surface area contributed by atoms with Crippen molar-refractivity contribution in [2.75, 3.05) is 43.4 Å². The lowest BCUT2D eigenvalue weighted by atomic mass is 10.0. The van der Waals surface area contributed by atoms with E-state index in [1.165, 1.54) is 9.87 Å². The average molecular weight is 572 g/mol. The van der Waals surface area contributed by atoms with Crippen LogP contribution in [0.1, 0.15) is 50.7 Å². The van der Waals surface area contributed by atoms with Crippen molar-refractivity contribution in [3.8, 4) is 5.19 Å². The van der Waals surface area contributed by atoms with Crippen molar-refractivity contribution in [1.29, 1.82) is 0 Å². The molecule has 0 spiro atoms. The van der Waals surface area contributed by atoms with Gasteiger partial charge >= 0.3 is 0 Å². The van der Waals surface area contributed by atoms with Crippen molar-refractivity contribution in [3.05, 3.63) is 47.8 Å². The minimum absolute atomic E-state index is 0.0266. The molecule has 2 aromatic heterocycles. The fraction of sp³-hybridized carbons (Fsp3) is 0.536. The van der Waals surface area contributed by atoms with Crippen LogP contribution in [0.25, 0.3) is 15.8 Å². The van der Waals surface area contributed by atoms with Gasteiger partial charge in [0, 0.05) is 58.0 Å². The largest absolute Gasteiger partial charge is 0.467 e. The zero-order valence-electron chi connectivity index (χ0n) is 22.6. The molecule has 1 atom stereocenters. The molecule has 4 heterocycles. The summed E-state index contributed by atoms with van der Waals surface area (Å²) in [5.74, 6) is 0.495. The predicted molar refractivity (Wildman–Crippen MR) is 156 cm³/mol. The third-order valence-corrected chi connectivity index (χ3v) is 10.4. The maximum Gasteiger partial charge on any atom is 0.274 e. The number of benzene rings is 1. The third kappa shape index (κ3) is 6.77. The first-order chi connectivity index (χ1) is 18.8. The summed E-state index contributed by atoms with van der Waals surface area (Å²) >= 11 is 1.56. The van der Waals surface area contributed by atoms with Crippen LogP contribution in [0.5, 0.6) is 5.19 Å². The molecule has 3 aromatic rings. The van der Waals surface area contributed by atoms with Gasteiger partial charge in [0.15, 0.2) is 0 Å². The van der Waals surface area contributed by atoms with E-state index in [0.29, 0.717) is 24.7 Å². The number of anilines is 1. The first-order valence-electron chi connectivity index (χ1n) is 13.8. The van der Waals surface area contributed by atoms with E-state index in [1.54, 1.807) is 18.3 Å². The Bertz CT molecular complexity index is 1400. The highest BCUT2D eigenvalue weighted by Crippen LogP contribution is 2.33. The monoisotopic (exact) mass is 571 g/mol. The maximum atomic E-state index is 12.6. The van der Waals surface area contributed by atoms with Crippen molar-refractivity contribution in [2.45, 2.75) is 52.1 Å². The molecule has 9 nitrogen and oxygen atoms in total. The van der Waals surface area contributed by atoms with Crippen LogP contribution in [0.2, 0.25) is 0 Å². The third-order valence-electron chi connectivity index (χ3n) is 7.33. The zero-order valence-corrected chi connectivity index (χ0v) is 24.3. The zero-order chi connectivity index (χ0) is 27.4. The number of aryl methyl sites for hydroxylation is 1. The number of thiazole rings is 1. The minimum Gasteiger partial charge on any atom is -0.467 e. The Hall–Kier alpha value is -2.60. The van der Waals surface area contributed by atoms with E-state index >= 15 is 0 Å². The fourth-order valence-electron chi connectivity index (χ4n) is 5.08. The van der Waals surface area contributed by atoms with Crippen LogP contribution in [0.3, 0.4) is 0 Å². The number of fused-ring (bicyclic) bond motifs is 1. The lowest BCUT2D eigenvalue weighted by molar-refractivity contribution is 0.170. The second-order valence-corrected chi connectivity index (χ2v) is 13.5. The van der Waals surface area contributed by atoms with Crippen LogP contribution >= 0.6 is 11.3 Å². The quantitative estimate of drug-likeness (QED) is 0.387. The first-order valence-corrected chi connectivity index (χ1v) is 16.2. The summed E-state index contributed by atoms with van der Waals surface area (Å²) in [6.45, 7) is 6.29. The van der Waals surface area contributed by atoms with Crippen molar-refractivity contribution in [1.82, 2.24) is 19.3 Å². The maximum absolute atomic E-state index is 12.6. The average Bonchev–Trinajstić information content (AvgIpc) is 3.35. The van der Waals surface area contributed by atoms with Crippen LogP contribution in [0.15, 0.2) is 36.7 Å². The topological polar surface area (TPSA) is 109 Å². The fourth-order valence-corrected chi connectivity index (χ4v) is 7.71. The Morgan fingerprint density at radius 1 is 1.18 bits per heavy atom. The molecule has 39 heavy (non-hydrogen) atoms. The van der Waals surface area contributed by atoms with Gasteiger partial charge in [0.2, 0.25) is 16.0 Å². The molecule has 1 fully saturated rings. The number of nitrogens with zero attached hydrogens (tertiary/aromatic N) is 5. The number of sulfonamides is 1. The van der Waals surface area contributed by atoms with E-state index in [1.807, 2.05) is 24.5 Å². The smallest absolute Gasteiger partial charge is 0.274 e. The van der Waals surface area contributed by atoms with E-state index in [2.05, 4.69) is 33.9 Å². The van der Waals surface area contributed by atoms with Crippen molar-refractivity contribution in [2.24, 2.45) is 5.92 Å². The van der Waals surface area contributed by atoms with Crippen LogP contribution in [0, 0.1) is 5.92 Å². The van der Waals surface area contributed by atoms with Gasteiger partial charge in [0.1, 0.15) is 6.10 Å². The van der Waals surface area contributed by atoms with Crippen LogP contribution in [0.4, 0.5) is 5.95 Å². The van der Waals surface area contributed by atoms with E-state index < -0.39 is 10.0 Å². The number of aliphatic hydroxyl groups excluding tert-OH is 1. The van der Waals surface area contributed by atoms with Gasteiger partial charge in [-0.15, -0.1) is 0 Å². The van der Waals surface area contributed by atoms with Crippen molar-refractivity contribution < 1.29 is 18.3 Å². The number of piperidine rings is 1. The molecule has 210 valence electrons. The molecule has 0 saturated carbocycles. The molecule has 11 heteroatoms. The molecular formula is C28H37N5O4S2. The summed E-state index contributed by atoms with van der Waals surface area (Å²) in [6, 6.07) is 6.20. The Morgan fingerprint density at radius 2 is 1.95 bits per heavy atom. The number of ether oxygens (including phenoxy) is 1. The number of rotatable bonds is 10. The second-order valence-electron chi connectivity index (χ2n) is 10.5. The highest BCUT2D eigenvalue weighted by atomic mass is 32.2. The number of hydrogen-bond donors (Lipinski definition) is 1. The Labute approximate surface area is 234 Å². The first kappa shape index (κ1) is 27.9. The van der Waals surface area contributed by atoms with Crippen LogP contribution in [-0.4, -0.2) is 77.4 Å². The molecule has 1 N–H and O–H groups in total. The molecule has 5 rings (SSSR count). The molecule has 1 aromatic carbocycles. The summed E-state index contributed by atoms with van der Waals surface area (Å²) < 4.78 is 34.1. The second kappa shape index (κ2) is 12.3. The van der Waals surface area contributed by atoms with E-state index in [-0.39, 0.29) is 24.4 Å². The van der Waals surface area contributed by atoms with Crippen LogP contribution in [-0.2, 0) is 16.4 Å². The molecule has 0 amide bonds. The SMILES string of the molecule is CCCc1cnc(N2CCC(Oc3nc4ccc(C5=CCN(S(=O)(=O)C[C@@H](C)CO)CC5)cc4s3)CC2)nc1. The lowest BCUT2D eigenvalue weighted by Gasteiger charge is -2.31. The number of aliphatic hydroxyl groups is 1. The predicted octanol–water partition coefficient (Wildman–Crippen LogP) is 4.13. The molecule has 0 bridgehead atoms.